The van der Waals surface area contributed by atoms with Gasteiger partial charge in [0.2, 0.25) is 0 Å². The molecule has 0 atom stereocenters. The zero-order valence-corrected chi connectivity index (χ0v) is 14.7. The Morgan fingerprint density at radius 2 is 1.92 bits per heavy atom. The van der Waals surface area contributed by atoms with Crippen molar-refractivity contribution in [3.8, 4) is 0 Å². The molecule has 1 saturated carbocycles. The second kappa shape index (κ2) is 7.22. The molecule has 128 valence electrons. The second-order valence-corrected chi connectivity index (χ2v) is 6.70. The molecular weight excluding hydrogens is 298 g/mol. The highest BCUT2D eigenvalue weighted by Crippen LogP contribution is 2.38. The molecule has 0 aliphatic heterocycles. The van der Waals surface area contributed by atoms with Crippen LogP contribution in [0, 0.1) is 13.8 Å². The molecule has 0 spiro atoms. The van der Waals surface area contributed by atoms with Gasteiger partial charge in [-0.1, -0.05) is 30.3 Å². The third-order valence-corrected chi connectivity index (χ3v) is 4.83. The lowest BCUT2D eigenvalue weighted by Crippen LogP contribution is -2.37. The minimum Gasteiger partial charge on any atom is -0.345 e. The molecule has 1 amide bonds. The van der Waals surface area contributed by atoms with E-state index in [2.05, 4.69) is 30.5 Å². The Bertz CT molecular complexity index is 701. The lowest BCUT2D eigenvalue weighted by Gasteiger charge is -2.22. The number of hydrogen-bond acceptors (Lipinski definition) is 2. The van der Waals surface area contributed by atoms with Gasteiger partial charge in [-0.3, -0.25) is 4.79 Å². The third-order valence-electron chi connectivity index (χ3n) is 4.83. The van der Waals surface area contributed by atoms with E-state index < -0.39 is 0 Å². The number of amides is 1. The standard InChI is InChI=1S/C20H27N3O/c1-15-14-19(16(2)23(15)18-8-9-18)20(24)22(13-11-21)12-10-17-6-4-3-5-7-17/h3-7,14,18H,8-13,21H2,1-2H3. The van der Waals surface area contributed by atoms with Crippen molar-refractivity contribution in [1.82, 2.24) is 9.47 Å². The topological polar surface area (TPSA) is 51.3 Å². The van der Waals surface area contributed by atoms with Crippen LogP contribution in [0.25, 0.3) is 0 Å². The maximum absolute atomic E-state index is 13.0. The fourth-order valence-corrected chi connectivity index (χ4v) is 3.44. The van der Waals surface area contributed by atoms with E-state index in [1.54, 1.807) is 0 Å². The molecule has 0 radical (unpaired) electrons. The van der Waals surface area contributed by atoms with Crippen molar-refractivity contribution in [2.45, 2.75) is 39.2 Å². The maximum Gasteiger partial charge on any atom is 0.255 e. The number of benzene rings is 1. The Morgan fingerprint density at radius 1 is 1.21 bits per heavy atom. The van der Waals surface area contributed by atoms with Gasteiger partial charge in [-0.2, -0.15) is 0 Å². The second-order valence-electron chi connectivity index (χ2n) is 6.70. The first-order valence-electron chi connectivity index (χ1n) is 8.83. The first-order valence-corrected chi connectivity index (χ1v) is 8.83. The van der Waals surface area contributed by atoms with E-state index in [-0.39, 0.29) is 5.91 Å². The molecule has 1 aliphatic rings. The predicted octanol–water partition coefficient (Wildman–Crippen LogP) is 3.08. The summed E-state index contributed by atoms with van der Waals surface area (Å²) in [5.41, 5.74) is 10.1. The molecule has 3 rings (SSSR count). The van der Waals surface area contributed by atoms with Gasteiger partial charge in [0.25, 0.3) is 5.91 Å². The maximum atomic E-state index is 13.0. The van der Waals surface area contributed by atoms with Crippen LogP contribution in [0.1, 0.15) is 46.2 Å². The predicted molar refractivity (Wildman–Crippen MR) is 97.3 cm³/mol. The summed E-state index contributed by atoms with van der Waals surface area (Å²) in [6.45, 7) is 5.95. The quantitative estimate of drug-likeness (QED) is 0.850. The summed E-state index contributed by atoms with van der Waals surface area (Å²) >= 11 is 0. The first-order chi connectivity index (χ1) is 11.6. The van der Waals surface area contributed by atoms with Gasteiger partial charge in [0.15, 0.2) is 0 Å². The Kier molecular flexibility index (Phi) is 5.05. The van der Waals surface area contributed by atoms with E-state index in [4.69, 9.17) is 5.73 Å². The Labute approximate surface area is 144 Å². The zero-order valence-electron chi connectivity index (χ0n) is 14.7. The monoisotopic (exact) mass is 325 g/mol. The van der Waals surface area contributed by atoms with Crippen LogP contribution in [0.3, 0.4) is 0 Å². The van der Waals surface area contributed by atoms with Crippen LogP contribution in [0.15, 0.2) is 36.4 Å². The molecule has 0 bridgehead atoms. The van der Waals surface area contributed by atoms with Crippen molar-refractivity contribution in [3.63, 3.8) is 0 Å². The van der Waals surface area contributed by atoms with Gasteiger partial charge in [0.05, 0.1) is 5.56 Å². The number of aromatic nitrogens is 1. The number of carbonyl (C=O) groups is 1. The van der Waals surface area contributed by atoms with E-state index in [1.807, 2.05) is 29.2 Å². The lowest BCUT2D eigenvalue weighted by atomic mass is 10.1. The van der Waals surface area contributed by atoms with Gasteiger partial charge in [-0.25, -0.2) is 0 Å². The lowest BCUT2D eigenvalue weighted by molar-refractivity contribution is 0.0761. The molecule has 1 aliphatic carbocycles. The van der Waals surface area contributed by atoms with Gasteiger partial charge in [-0.05, 0) is 44.7 Å². The van der Waals surface area contributed by atoms with E-state index in [1.165, 1.54) is 24.1 Å². The van der Waals surface area contributed by atoms with Crippen LogP contribution in [0.4, 0.5) is 0 Å². The molecule has 1 aromatic heterocycles. The molecule has 2 N–H and O–H groups in total. The average molecular weight is 325 g/mol. The van der Waals surface area contributed by atoms with Crippen LogP contribution in [0.5, 0.6) is 0 Å². The summed E-state index contributed by atoms with van der Waals surface area (Å²) in [7, 11) is 0. The van der Waals surface area contributed by atoms with Crippen LogP contribution in [0.2, 0.25) is 0 Å². The first kappa shape index (κ1) is 16.8. The summed E-state index contributed by atoms with van der Waals surface area (Å²) in [5.74, 6) is 0.108. The van der Waals surface area contributed by atoms with Crippen LogP contribution in [-0.2, 0) is 6.42 Å². The van der Waals surface area contributed by atoms with Crippen molar-refractivity contribution in [1.29, 1.82) is 0 Å². The van der Waals surface area contributed by atoms with Crippen LogP contribution >= 0.6 is 0 Å². The van der Waals surface area contributed by atoms with Crippen molar-refractivity contribution in [2.75, 3.05) is 19.6 Å². The van der Waals surface area contributed by atoms with Gasteiger partial charge < -0.3 is 15.2 Å². The van der Waals surface area contributed by atoms with Gasteiger partial charge in [0, 0.05) is 37.1 Å². The normalized spacial score (nSPS) is 14.0. The molecule has 24 heavy (non-hydrogen) atoms. The fraction of sp³-hybridized carbons (Fsp3) is 0.450. The van der Waals surface area contributed by atoms with Crippen molar-refractivity contribution in [3.05, 3.63) is 58.9 Å². The molecule has 4 heteroatoms. The number of carbonyl (C=O) groups excluding carboxylic acids is 1. The van der Waals surface area contributed by atoms with Crippen molar-refractivity contribution < 1.29 is 4.79 Å². The Morgan fingerprint density at radius 3 is 2.54 bits per heavy atom. The molecule has 0 saturated heterocycles. The average Bonchev–Trinajstić information content (AvgIpc) is 3.37. The van der Waals surface area contributed by atoms with Gasteiger partial charge >= 0.3 is 0 Å². The molecule has 2 aromatic rings. The van der Waals surface area contributed by atoms with E-state index >= 15 is 0 Å². The van der Waals surface area contributed by atoms with E-state index in [9.17, 15) is 4.79 Å². The summed E-state index contributed by atoms with van der Waals surface area (Å²) in [4.78, 5) is 14.9. The highest BCUT2D eigenvalue weighted by atomic mass is 16.2. The zero-order chi connectivity index (χ0) is 17.1. The number of rotatable bonds is 7. The number of aryl methyl sites for hydroxylation is 1. The summed E-state index contributed by atoms with van der Waals surface area (Å²) in [6, 6.07) is 12.9. The van der Waals surface area contributed by atoms with Crippen LogP contribution < -0.4 is 5.73 Å². The highest BCUT2D eigenvalue weighted by Gasteiger charge is 2.29. The Hall–Kier alpha value is -2.07. The molecule has 1 heterocycles. The molecular formula is C20H27N3O. The molecule has 4 nitrogen and oxygen atoms in total. The SMILES string of the molecule is Cc1cc(C(=O)N(CCN)CCc2ccccc2)c(C)n1C1CC1. The molecule has 1 fully saturated rings. The third kappa shape index (κ3) is 3.54. The molecule has 1 aromatic carbocycles. The van der Waals surface area contributed by atoms with E-state index in [0.29, 0.717) is 25.7 Å². The smallest absolute Gasteiger partial charge is 0.255 e. The van der Waals surface area contributed by atoms with Gasteiger partial charge in [-0.15, -0.1) is 0 Å². The fourth-order valence-electron chi connectivity index (χ4n) is 3.44. The molecule has 0 unspecified atom stereocenters. The Balaban J connectivity index is 1.75. The van der Waals surface area contributed by atoms with Gasteiger partial charge in [0.1, 0.15) is 0 Å². The largest absolute Gasteiger partial charge is 0.345 e. The summed E-state index contributed by atoms with van der Waals surface area (Å²) < 4.78 is 2.32. The number of nitrogens with zero attached hydrogens (tertiary/aromatic N) is 2. The highest BCUT2D eigenvalue weighted by molar-refractivity contribution is 5.95. The number of nitrogens with two attached hydrogens (primary N) is 1. The summed E-state index contributed by atoms with van der Waals surface area (Å²) in [5, 5.41) is 0. The minimum atomic E-state index is 0.108. The van der Waals surface area contributed by atoms with Crippen molar-refractivity contribution >= 4 is 5.91 Å². The minimum absolute atomic E-state index is 0.108. The number of hydrogen-bond donors (Lipinski definition) is 1. The van der Waals surface area contributed by atoms with E-state index in [0.717, 1.165) is 17.7 Å². The summed E-state index contributed by atoms with van der Waals surface area (Å²) in [6.07, 6.45) is 3.31. The van der Waals surface area contributed by atoms with Crippen molar-refractivity contribution in [2.24, 2.45) is 5.73 Å². The van der Waals surface area contributed by atoms with Crippen LogP contribution in [-0.4, -0.2) is 35.0 Å².